The minimum absolute atomic E-state index is 0.184. The summed E-state index contributed by atoms with van der Waals surface area (Å²) in [5.74, 6) is -0.144. The van der Waals surface area contributed by atoms with Crippen LogP contribution in [0.15, 0.2) is 0 Å². The van der Waals surface area contributed by atoms with E-state index in [0.29, 0.717) is 19.4 Å². The van der Waals surface area contributed by atoms with E-state index in [1.54, 1.807) is 0 Å². The average Bonchev–Trinajstić information content (AvgIpc) is 3.01. The molecule has 0 aromatic rings. The molecule has 6 heteroatoms. The highest BCUT2D eigenvalue weighted by molar-refractivity contribution is 5.74. The number of carbonyl (C=O) groups excluding carboxylic acids is 1. The second-order valence-electron chi connectivity index (χ2n) is 5.60. The SMILES string of the molecule is CC(CC1CC1)NC(=O)NCC1CCC(C(=O)O)O1. The first-order chi connectivity index (χ1) is 9.04. The molecule has 19 heavy (non-hydrogen) atoms. The lowest BCUT2D eigenvalue weighted by Gasteiger charge is -2.16. The van der Waals surface area contributed by atoms with E-state index >= 15 is 0 Å². The van der Waals surface area contributed by atoms with Crippen molar-refractivity contribution in [2.75, 3.05) is 6.54 Å². The zero-order valence-corrected chi connectivity index (χ0v) is 11.2. The molecule has 0 spiro atoms. The van der Waals surface area contributed by atoms with E-state index in [9.17, 15) is 9.59 Å². The van der Waals surface area contributed by atoms with Gasteiger partial charge in [0.25, 0.3) is 0 Å². The summed E-state index contributed by atoms with van der Waals surface area (Å²) < 4.78 is 5.31. The molecule has 2 amide bonds. The molecule has 3 N–H and O–H groups in total. The molecule has 3 unspecified atom stereocenters. The number of hydrogen-bond donors (Lipinski definition) is 3. The minimum Gasteiger partial charge on any atom is -0.479 e. The van der Waals surface area contributed by atoms with Crippen molar-refractivity contribution in [3.8, 4) is 0 Å². The molecular formula is C13H22N2O4. The van der Waals surface area contributed by atoms with Crippen LogP contribution in [-0.4, -0.2) is 41.9 Å². The number of urea groups is 1. The quantitative estimate of drug-likeness (QED) is 0.674. The van der Waals surface area contributed by atoms with Crippen LogP contribution in [-0.2, 0) is 9.53 Å². The van der Waals surface area contributed by atoms with Crippen molar-refractivity contribution in [2.24, 2.45) is 5.92 Å². The molecule has 2 fully saturated rings. The van der Waals surface area contributed by atoms with E-state index in [2.05, 4.69) is 10.6 Å². The average molecular weight is 270 g/mol. The maximum absolute atomic E-state index is 11.6. The Kier molecular flexibility index (Phi) is 4.63. The van der Waals surface area contributed by atoms with E-state index in [1.165, 1.54) is 12.8 Å². The van der Waals surface area contributed by atoms with Gasteiger partial charge in [0.05, 0.1) is 6.10 Å². The highest BCUT2D eigenvalue weighted by atomic mass is 16.5. The van der Waals surface area contributed by atoms with Crippen LogP contribution < -0.4 is 10.6 Å². The largest absolute Gasteiger partial charge is 0.479 e. The number of carboxylic acid groups (broad SMARTS) is 1. The number of carboxylic acids is 1. The van der Waals surface area contributed by atoms with Crippen LogP contribution in [0.2, 0.25) is 0 Å². The standard InChI is InChI=1S/C13H22N2O4/c1-8(6-9-2-3-9)15-13(18)14-7-10-4-5-11(19-10)12(16)17/h8-11H,2-7H2,1H3,(H,16,17)(H2,14,15,18). The van der Waals surface area contributed by atoms with Crippen LogP contribution in [0.5, 0.6) is 0 Å². The molecule has 0 radical (unpaired) electrons. The van der Waals surface area contributed by atoms with Gasteiger partial charge in [-0.05, 0) is 32.1 Å². The molecule has 0 aromatic heterocycles. The Labute approximate surface area is 112 Å². The van der Waals surface area contributed by atoms with Gasteiger partial charge in [-0.1, -0.05) is 12.8 Å². The van der Waals surface area contributed by atoms with Crippen LogP contribution in [0.4, 0.5) is 4.79 Å². The van der Waals surface area contributed by atoms with Crippen molar-refractivity contribution in [3.05, 3.63) is 0 Å². The summed E-state index contributed by atoms with van der Waals surface area (Å²) in [5.41, 5.74) is 0. The summed E-state index contributed by atoms with van der Waals surface area (Å²) in [6.45, 7) is 2.37. The van der Waals surface area contributed by atoms with E-state index in [0.717, 1.165) is 12.3 Å². The molecule has 1 saturated carbocycles. The van der Waals surface area contributed by atoms with Crippen LogP contribution >= 0.6 is 0 Å². The lowest BCUT2D eigenvalue weighted by molar-refractivity contribution is -0.149. The first-order valence-corrected chi connectivity index (χ1v) is 6.97. The molecule has 0 aromatic carbocycles. The Morgan fingerprint density at radius 2 is 2.05 bits per heavy atom. The summed E-state index contributed by atoms with van der Waals surface area (Å²) in [6.07, 6.45) is 3.87. The molecule has 1 heterocycles. The number of hydrogen-bond acceptors (Lipinski definition) is 3. The predicted octanol–water partition coefficient (Wildman–Crippen LogP) is 1.11. The molecular weight excluding hydrogens is 248 g/mol. The van der Waals surface area contributed by atoms with Gasteiger partial charge < -0.3 is 20.5 Å². The molecule has 1 aliphatic heterocycles. The Morgan fingerprint density at radius 1 is 1.32 bits per heavy atom. The maximum atomic E-state index is 11.6. The van der Waals surface area contributed by atoms with Gasteiger partial charge in [-0.15, -0.1) is 0 Å². The predicted molar refractivity (Wildman–Crippen MR) is 68.9 cm³/mol. The van der Waals surface area contributed by atoms with Crippen molar-refractivity contribution in [3.63, 3.8) is 0 Å². The van der Waals surface area contributed by atoms with Gasteiger partial charge in [-0.2, -0.15) is 0 Å². The van der Waals surface area contributed by atoms with Crippen LogP contribution in [0, 0.1) is 5.92 Å². The highest BCUT2D eigenvalue weighted by Crippen LogP contribution is 2.33. The number of nitrogens with one attached hydrogen (secondary N) is 2. The fourth-order valence-corrected chi connectivity index (χ4v) is 2.43. The third-order valence-corrected chi connectivity index (χ3v) is 3.63. The molecule has 3 atom stereocenters. The third-order valence-electron chi connectivity index (χ3n) is 3.63. The van der Waals surface area contributed by atoms with Crippen molar-refractivity contribution in [2.45, 2.75) is 57.3 Å². The molecule has 108 valence electrons. The first-order valence-electron chi connectivity index (χ1n) is 6.97. The van der Waals surface area contributed by atoms with Crippen LogP contribution in [0.1, 0.15) is 39.0 Å². The van der Waals surface area contributed by atoms with Crippen LogP contribution in [0.3, 0.4) is 0 Å². The molecule has 2 rings (SSSR count). The zero-order chi connectivity index (χ0) is 13.8. The Balaban J connectivity index is 1.59. The summed E-state index contributed by atoms with van der Waals surface area (Å²) in [5, 5.41) is 14.4. The Hall–Kier alpha value is -1.30. The van der Waals surface area contributed by atoms with Gasteiger partial charge in [-0.3, -0.25) is 0 Å². The Morgan fingerprint density at radius 3 is 2.63 bits per heavy atom. The smallest absolute Gasteiger partial charge is 0.332 e. The Bertz CT molecular complexity index is 344. The van der Waals surface area contributed by atoms with Crippen molar-refractivity contribution in [1.82, 2.24) is 10.6 Å². The normalized spacial score (nSPS) is 27.8. The van der Waals surface area contributed by atoms with Gasteiger partial charge in [0.15, 0.2) is 6.10 Å². The second-order valence-corrected chi connectivity index (χ2v) is 5.60. The van der Waals surface area contributed by atoms with Gasteiger partial charge in [-0.25, -0.2) is 9.59 Å². The van der Waals surface area contributed by atoms with Crippen molar-refractivity contribution >= 4 is 12.0 Å². The fourth-order valence-electron chi connectivity index (χ4n) is 2.43. The molecule has 1 saturated heterocycles. The van der Waals surface area contributed by atoms with Gasteiger partial charge in [0.2, 0.25) is 0 Å². The first kappa shape index (κ1) is 14.1. The van der Waals surface area contributed by atoms with Crippen molar-refractivity contribution in [1.29, 1.82) is 0 Å². The molecule has 2 aliphatic rings. The fraction of sp³-hybridized carbons (Fsp3) is 0.846. The second kappa shape index (κ2) is 6.23. The van der Waals surface area contributed by atoms with E-state index in [4.69, 9.17) is 9.84 Å². The van der Waals surface area contributed by atoms with Crippen molar-refractivity contribution < 1.29 is 19.4 Å². The third kappa shape index (κ3) is 4.70. The van der Waals surface area contributed by atoms with Crippen LogP contribution in [0.25, 0.3) is 0 Å². The highest BCUT2D eigenvalue weighted by Gasteiger charge is 2.30. The number of ether oxygens (including phenoxy) is 1. The summed E-state index contributed by atoms with van der Waals surface area (Å²) >= 11 is 0. The lowest BCUT2D eigenvalue weighted by Crippen LogP contribution is -2.43. The van der Waals surface area contributed by atoms with Gasteiger partial charge >= 0.3 is 12.0 Å². The number of aliphatic carboxylic acids is 1. The number of amides is 2. The number of rotatable bonds is 6. The summed E-state index contributed by atoms with van der Waals surface area (Å²) in [6, 6.07) is -0.0145. The molecule has 1 aliphatic carbocycles. The molecule has 6 nitrogen and oxygen atoms in total. The monoisotopic (exact) mass is 270 g/mol. The minimum atomic E-state index is -0.926. The summed E-state index contributed by atoms with van der Waals surface area (Å²) in [7, 11) is 0. The maximum Gasteiger partial charge on any atom is 0.332 e. The van der Waals surface area contributed by atoms with E-state index in [1.807, 2.05) is 6.92 Å². The molecule has 0 bridgehead atoms. The number of carbonyl (C=O) groups is 2. The van der Waals surface area contributed by atoms with E-state index < -0.39 is 12.1 Å². The summed E-state index contributed by atoms with van der Waals surface area (Å²) in [4.78, 5) is 22.3. The van der Waals surface area contributed by atoms with E-state index in [-0.39, 0.29) is 18.2 Å². The lowest BCUT2D eigenvalue weighted by atomic mass is 10.2. The van der Waals surface area contributed by atoms with Gasteiger partial charge in [0, 0.05) is 12.6 Å². The topological polar surface area (TPSA) is 87.7 Å². The van der Waals surface area contributed by atoms with Gasteiger partial charge in [0.1, 0.15) is 0 Å². The zero-order valence-electron chi connectivity index (χ0n) is 11.2.